The molecule has 0 amide bonds. The number of rotatable bonds is 6. The Morgan fingerprint density at radius 1 is 1.15 bits per heavy atom. The summed E-state index contributed by atoms with van der Waals surface area (Å²) in [5, 5.41) is 7.77. The molecule has 0 bridgehead atoms. The number of hydrogen-bond donors (Lipinski definition) is 1. The first-order valence-corrected chi connectivity index (χ1v) is 9.50. The van der Waals surface area contributed by atoms with E-state index in [-0.39, 0.29) is 0 Å². The molecule has 1 saturated heterocycles. The first kappa shape index (κ1) is 17.2. The van der Waals surface area contributed by atoms with E-state index in [1.165, 1.54) is 5.69 Å². The molecule has 0 spiro atoms. The van der Waals surface area contributed by atoms with E-state index in [4.69, 9.17) is 14.0 Å². The molecule has 26 heavy (non-hydrogen) atoms. The van der Waals surface area contributed by atoms with Crippen molar-refractivity contribution < 1.29 is 14.0 Å². The lowest BCUT2D eigenvalue weighted by atomic mass is 10.0. The first-order chi connectivity index (χ1) is 12.7. The average molecular weight is 357 g/mol. The Morgan fingerprint density at radius 3 is 2.77 bits per heavy atom. The van der Waals surface area contributed by atoms with Gasteiger partial charge in [0.15, 0.2) is 17.3 Å². The van der Waals surface area contributed by atoms with Gasteiger partial charge in [0.05, 0.1) is 12.2 Å². The molecule has 1 aromatic carbocycles. The van der Waals surface area contributed by atoms with Gasteiger partial charge in [-0.2, -0.15) is 0 Å². The van der Waals surface area contributed by atoms with E-state index in [9.17, 15) is 0 Å². The molecule has 140 valence electrons. The standard InChI is InChI=1S/C20H27N3O3/c1-14(2)9-16-10-18(26-22-16)12-21-15-5-7-23(8-6-15)17-3-4-19-20(11-17)25-13-24-19/h3-4,10-11,14-15,21H,5-9,12-13H2,1-2H3. The topological polar surface area (TPSA) is 59.8 Å². The van der Waals surface area contributed by atoms with Crippen molar-refractivity contribution in [2.45, 2.75) is 45.7 Å². The van der Waals surface area contributed by atoms with E-state index < -0.39 is 0 Å². The highest BCUT2D eigenvalue weighted by Crippen LogP contribution is 2.36. The Bertz CT molecular complexity index is 736. The van der Waals surface area contributed by atoms with Gasteiger partial charge < -0.3 is 24.2 Å². The van der Waals surface area contributed by atoms with E-state index in [1.807, 2.05) is 6.07 Å². The highest BCUT2D eigenvalue weighted by atomic mass is 16.7. The van der Waals surface area contributed by atoms with Crippen LogP contribution in [-0.4, -0.2) is 31.1 Å². The largest absolute Gasteiger partial charge is 0.454 e. The van der Waals surface area contributed by atoms with Crippen molar-refractivity contribution in [1.82, 2.24) is 10.5 Å². The number of fused-ring (bicyclic) bond motifs is 1. The maximum absolute atomic E-state index is 5.49. The maximum Gasteiger partial charge on any atom is 0.231 e. The van der Waals surface area contributed by atoms with Crippen LogP contribution in [0.2, 0.25) is 0 Å². The van der Waals surface area contributed by atoms with Crippen molar-refractivity contribution in [3.63, 3.8) is 0 Å². The van der Waals surface area contributed by atoms with E-state index in [2.05, 4.69) is 47.4 Å². The lowest BCUT2D eigenvalue weighted by Gasteiger charge is -2.34. The second-order valence-corrected chi connectivity index (χ2v) is 7.56. The molecule has 0 atom stereocenters. The van der Waals surface area contributed by atoms with Crippen LogP contribution in [0.4, 0.5) is 5.69 Å². The van der Waals surface area contributed by atoms with Gasteiger partial charge in [-0.1, -0.05) is 19.0 Å². The Balaban J connectivity index is 1.25. The molecule has 0 aliphatic carbocycles. The molecule has 2 aliphatic heterocycles. The molecule has 3 heterocycles. The van der Waals surface area contributed by atoms with Crippen LogP contribution >= 0.6 is 0 Å². The summed E-state index contributed by atoms with van der Waals surface area (Å²) >= 11 is 0. The number of aromatic nitrogens is 1. The molecule has 0 unspecified atom stereocenters. The van der Waals surface area contributed by atoms with Gasteiger partial charge in [0.25, 0.3) is 0 Å². The summed E-state index contributed by atoms with van der Waals surface area (Å²) in [7, 11) is 0. The average Bonchev–Trinajstić information content (AvgIpc) is 3.28. The van der Waals surface area contributed by atoms with Crippen LogP contribution in [0, 0.1) is 5.92 Å². The summed E-state index contributed by atoms with van der Waals surface area (Å²) in [5.41, 5.74) is 2.26. The third-order valence-corrected chi connectivity index (χ3v) is 5.01. The zero-order chi connectivity index (χ0) is 17.9. The van der Waals surface area contributed by atoms with Crippen LogP contribution in [0.1, 0.15) is 38.1 Å². The van der Waals surface area contributed by atoms with Crippen molar-refractivity contribution in [2.75, 3.05) is 24.8 Å². The predicted molar refractivity (Wildman–Crippen MR) is 99.7 cm³/mol. The summed E-state index contributed by atoms with van der Waals surface area (Å²) in [6.45, 7) is 7.53. The quantitative estimate of drug-likeness (QED) is 0.855. The van der Waals surface area contributed by atoms with E-state index >= 15 is 0 Å². The minimum absolute atomic E-state index is 0.325. The Hall–Kier alpha value is -2.21. The Morgan fingerprint density at radius 2 is 1.96 bits per heavy atom. The number of nitrogens with one attached hydrogen (secondary N) is 1. The maximum atomic E-state index is 5.49. The molecular weight excluding hydrogens is 330 g/mol. The van der Waals surface area contributed by atoms with Crippen molar-refractivity contribution in [3.05, 3.63) is 35.7 Å². The molecule has 1 N–H and O–H groups in total. The zero-order valence-corrected chi connectivity index (χ0v) is 15.5. The SMILES string of the molecule is CC(C)Cc1cc(CNC2CCN(c3ccc4c(c3)OCO4)CC2)on1. The molecule has 1 aromatic heterocycles. The van der Waals surface area contributed by atoms with Gasteiger partial charge >= 0.3 is 0 Å². The van der Waals surface area contributed by atoms with Crippen molar-refractivity contribution in [3.8, 4) is 11.5 Å². The van der Waals surface area contributed by atoms with Crippen molar-refractivity contribution >= 4 is 5.69 Å². The molecular formula is C20H27N3O3. The zero-order valence-electron chi connectivity index (χ0n) is 15.5. The molecule has 2 aliphatic rings. The Kier molecular flexibility index (Phi) is 5.02. The van der Waals surface area contributed by atoms with Gasteiger partial charge in [-0.25, -0.2) is 0 Å². The van der Waals surface area contributed by atoms with Gasteiger partial charge in [0.2, 0.25) is 6.79 Å². The van der Waals surface area contributed by atoms with Crippen LogP contribution in [-0.2, 0) is 13.0 Å². The van der Waals surface area contributed by atoms with Gasteiger partial charge in [0, 0.05) is 37.0 Å². The third kappa shape index (κ3) is 3.96. The van der Waals surface area contributed by atoms with Crippen LogP contribution in [0.25, 0.3) is 0 Å². The molecule has 0 saturated carbocycles. The smallest absolute Gasteiger partial charge is 0.231 e. The number of nitrogens with zero attached hydrogens (tertiary/aromatic N) is 2. The minimum Gasteiger partial charge on any atom is -0.454 e. The predicted octanol–water partition coefficient (Wildman–Crippen LogP) is 3.36. The lowest BCUT2D eigenvalue weighted by molar-refractivity contribution is 0.174. The summed E-state index contributed by atoms with van der Waals surface area (Å²) in [5.74, 6) is 3.22. The molecule has 1 fully saturated rings. The normalized spacial score (nSPS) is 17.3. The highest BCUT2D eigenvalue weighted by Gasteiger charge is 2.22. The van der Waals surface area contributed by atoms with Gasteiger partial charge in [-0.05, 0) is 37.3 Å². The number of piperidine rings is 1. The van der Waals surface area contributed by atoms with Crippen molar-refractivity contribution in [1.29, 1.82) is 0 Å². The highest BCUT2D eigenvalue weighted by molar-refractivity contribution is 5.57. The Labute approximate surface area is 154 Å². The van der Waals surface area contributed by atoms with Gasteiger partial charge in [0.1, 0.15) is 0 Å². The first-order valence-electron chi connectivity index (χ1n) is 9.50. The molecule has 6 nitrogen and oxygen atoms in total. The molecule has 6 heteroatoms. The molecule has 4 rings (SSSR count). The minimum atomic E-state index is 0.325. The molecule has 0 radical (unpaired) electrons. The number of ether oxygens (including phenoxy) is 2. The molecule has 2 aromatic rings. The van der Waals surface area contributed by atoms with Crippen LogP contribution in [0.5, 0.6) is 11.5 Å². The van der Waals surface area contributed by atoms with E-state index in [0.717, 1.165) is 61.8 Å². The van der Waals surface area contributed by atoms with Crippen LogP contribution < -0.4 is 19.7 Å². The number of anilines is 1. The van der Waals surface area contributed by atoms with Crippen LogP contribution in [0.3, 0.4) is 0 Å². The lowest BCUT2D eigenvalue weighted by Crippen LogP contribution is -2.42. The summed E-state index contributed by atoms with van der Waals surface area (Å²) in [6, 6.07) is 8.79. The summed E-state index contributed by atoms with van der Waals surface area (Å²) < 4.78 is 16.3. The fourth-order valence-electron chi connectivity index (χ4n) is 3.62. The fraction of sp³-hybridized carbons (Fsp3) is 0.550. The van der Waals surface area contributed by atoms with Crippen LogP contribution in [0.15, 0.2) is 28.8 Å². The third-order valence-electron chi connectivity index (χ3n) is 5.01. The second kappa shape index (κ2) is 7.58. The van der Waals surface area contributed by atoms with Gasteiger partial charge in [-0.3, -0.25) is 0 Å². The van der Waals surface area contributed by atoms with Gasteiger partial charge in [-0.15, -0.1) is 0 Å². The van der Waals surface area contributed by atoms with Crippen molar-refractivity contribution in [2.24, 2.45) is 5.92 Å². The number of benzene rings is 1. The second-order valence-electron chi connectivity index (χ2n) is 7.56. The summed E-state index contributed by atoms with van der Waals surface area (Å²) in [6.07, 6.45) is 3.19. The van der Waals surface area contributed by atoms with E-state index in [1.54, 1.807) is 0 Å². The summed E-state index contributed by atoms with van der Waals surface area (Å²) in [4.78, 5) is 2.41. The fourth-order valence-corrected chi connectivity index (χ4v) is 3.62. The van der Waals surface area contributed by atoms with E-state index in [0.29, 0.717) is 18.8 Å². The monoisotopic (exact) mass is 357 g/mol. The number of hydrogen-bond acceptors (Lipinski definition) is 6.